The van der Waals surface area contributed by atoms with Gasteiger partial charge in [-0.15, -0.1) is 11.3 Å². The molecular formula is C16H20N2OS2. The van der Waals surface area contributed by atoms with Crippen molar-refractivity contribution in [3.8, 4) is 0 Å². The van der Waals surface area contributed by atoms with Crippen LogP contribution < -0.4 is 5.56 Å². The molecule has 1 unspecified atom stereocenters. The lowest BCUT2D eigenvalue weighted by atomic mass is 9.87. The van der Waals surface area contributed by atoms with Crippen molar-refractivity contribution in [1.29, 1.82) is 0 Å². The van der Waals surface area contributed by atoms with Gasteiger partial charge >= 0.3 is 0 Å². The van der Waals surface area contributed by atoms with Gasteiger partial charge in [0.15, 0.2) is 4.77 Å². The second kappa shape index (κ2) is 4.53. The Labute approximate surface area is 133 Å². The van der Waals surface area contributed by atoms with Crippen LogP contribution in [0.1, 0.15) is 56.0 Å². The van der Waals surface area contributed by atoms with Crippen LogP contribution in [0.15, 0.2) is 4.79 Å². The van der Waals surface area contributed by atoms with E-state index in [-0.39, 0.29) is 17.0 Å². The Morgan fingerprint density at radius 2 is 2.14 bits per heavy atom. The summed E-state index contributed by atoms with van der Waals surface area (Å²) in [6.45, 7) is 4.52. The Morgan fingerprint density at radius 3 is 2.86 bits per heavy atom. The van der Waals surface area contributed by atoms with Gasteiger partial charge in [-0.3, -0.25) is 9.36 Å². The number of H-pyrrole nitrogens is 1. The molecule has 1 saturated carbocycles. The topological polar surface area (TPSA) is 37.8 Å². The van der Waals surface area contributed by atoms with Crippen molar-refractivity contribution in [3.63, 3.8) is 0 Å². The fourth-order valence-corrected chi connectivity index (χ4v) is 5.82. The molecule has 3 nitrogen and oxygen atoms in total. The predicted octanol–water partition coefficient (Wildman–Crippen LogP) is 4.36. The molecule has 0 saturated heterocycles. The predicted molar refractivity (Wildman–Crippen MR) is 90.0 cm³/mol. The molecule has 5 heteroatoms. The molecule has 2 heterocycles. The Hall–Kier alpha value is -0.940. The summed E-state index contributed by atoms with van der Waals surface area (Å²) in [5.74, 6) is 0. The largest absolute Gasteiger partial charge is 0.323 e. The highest BCUT2D eigenvalue weighted by Gasteiger charge is 2.37. The number of fused-ring (bicyclic) bond motifs is 3. The normalized spacial score (nSPS) is 23.8. The number of thiophene rings is 1. The van der Waals surface area contributed by atoms with Crippen molar-refractivity contribution in [2.24, 2.45) is 5.41 Å². The number of hydrogen-bond acceptors (Lipinski definition) is 3. The summed E-state index contributed by atoms with van der Waals surface area (Å²) in [6.07, 6.45) is 6.74. The highest BCUT2D eigenvalue weighted by Crippen LogP contribution is 2.45. The van der Waals surface area contributed by atoms with Crippen LogP contribution in [0.25, 0.3) is 10.2 Å². The standard InChI is InChI=1S/C16H20N2OS2/c1-16(2)8-4-7-11(16)18-14(19)12-9-5-3-6-10(9)21-13(12)17-15(18)20/h11H,3-8H2,1-2H3,(H,17,20). The Bertz CT molecular complexity index is 840. The third-order valence-electron chi connectivity index (χ3n) is 5.31. The first-order chi connectivity index (χ1) is 9.99. The third-order valence-corrected chi connectivity index (χ3v) is 6.81. The van der Waals surface area contributed by atoms with E-state index < -0.39 is 0 Å². The smallest absolute Gasteiger partial charge is 0.263 e. The molecule has 1 N–H and O–H groups in total. The van der Waals surface area contributed by atoms with Crippen LogP contribution in [-0.4, -0.2) is 9.55 Å². The van der Waals surface area contributed by atoms with Gasteiger partial charge < -0.3 is 4.98 Å². The van der Waals surface area contributed by atoms with E-state index in [2.05, 4.69) is 18.8 Å². The zero-order valence-electron chi connectivity index (χ0n) is 12.5. The van der Waals surface area contributed by atoms with E-state index in [1.165, 1.54) is 29.7 Å². The maximum absolute atomic E-state index is 13.1. The monoisotopic (exact) mass is 320 g/mol. The van der Waals surface area contributed by atoms with Crippen LogP contribution in [-0.2, 0) is 12.8 Å². The molecule has 0 radical (unpaired) electrons. The molecule has 2 aromatic heterocycles. The van der Waals surface area contributed by atoms with Gasteiger partial charge in [-0.05, 0) is 55.3 Å². The van der Waals surface area contributed by atoms with E-state index in [9.17, 15) is 4.79 Å². The maximum Gasteiger partial charge on any atom is 0.263 e. The molecule has 2 aliphatic carbocycles. The Morgan fingerprint density at radius 1 is 1.33 bits per heavy atom. The summed E-state index contributed by atoms with van der Waals surface area (Å²) in [5.41, 5.74) is 1.59. The molecule has 0 amide bonds. The number of aryl methyl sites for hydroxylation is 2. The lowest BCUT2D eigenvalue weighted by Gasteiger charge is -2.28. The number of nitrogens with zero attached hydrogens (tertiary/aromatic N) is 1. The summed E-state index contributed by atoms with van der Waals surface area (Å²) in [6, 6.07) is 0.232. The SMILES string of the molecule is CC1(C)CCCC1n1c(=S)[nH]c2sc3c(c2c1=O)CCC3. The van der Waals surface area contributed by atoms with E-state index in [1.54, 1.807) is 11.3 Å². The Balaban J connectivity index is 2.02. The van der Waals surface area contributed by atoms with Crippen LogP contribution >= 0.6 is 23.6 Å². The fraction of sp³-hybridized carbons (Fsp3) is 0.625. The van der Waals surface area contributed by atoms with Gasteiger partial charge in [0.05, 0.1) is 5.39 Å². The van der Waals surface area contributed by atoms with Crippen molar-refractivity contribution >= 4 is 33.8 Å². The molecule has 21 heavy (non-hydrogen) atoms. The molecule has 112 valence electrons. The first kappa shape index (κ1) is 13.7. The lowest BCUT2D eigenvalue weighted by Crippen LogP contribution is -2.32. The number of aromatic amines is 1. The highest BCUT2D eigenvalue weighted by atomic mass is 32.1. The van der Waals surface area contributed by atoms with Gasteiger partial charge in [0, 0.05) is 10.9 Å². The molecule has 2 aliphatic rings. The number of nitrogens with one attached hydrogen (secondary N) is 1. The van der Waals surface area contributed by atoms with Gasteiger partial charge in [-0.1, -0.05) is 20.3 Å². The number of aromatic nitrogens is 2. The molecule has 4 rings (SSSR count). The van der Waals surface area contributed by atoms with Crippen molar-refractivity contribution < 1.29 is 0 Å². The fourth-order valence-electron chi connectivity index (χ4n) is 4.16. The van der Waals surface area contributed by atoms with Gasteiger partial charge in [0.1, 0.15) is 4.83 Å². The summed E-state index contributed by atoms with van der Waals surface area (Å²) >= 11 is 7.26. The second-order valence-corrected chi connectivity index (χ2v) is 8.56. The molecule has 0 spiro atoms. The molecular weight excluding hydrogens is 300 g/mol. The average molecular weight is 320 g/mol. The van der Waals surface area contributed by atoms with Crippen molar-refractivity contribution in [3.05, 3.63) is 25.6 Å². The Kier molecular flexibility index (Phi) is 2.95. The van der Waals surface area contributed by atoms with Gasteiger partial charge in [-0.25, -0.2) is 0 Å². The van der Waals surface area contributed by atoms with Crippen LogP contribution in [0.5, 0.6) is 0 Å². The van der Waals surface area contributed by atoms with E-state index in [0.717, 1.165) is 29.5 Å². The summed E-state index contributed by atoms with van der Waals surface area (Å²) < 4.78 is 2.49. The molecule has 0 bridgehead atoms. The second-order valence-electron chi connectivity index (χ2n) is 7.06. The lowest BCUT2D eigenvalue weighted by molar-refractivity contribution is 0.253. The zero-order valence-corrected chi connectivity index (χ0v) is 14.1. The maximum atomic E-state index is 13.1. The van der Waals surface area contributed by atoms with Crippen LogP contribution in [0.2, 0.25) is 0 Å². The van der Waals surface area contributed by atoms with Crippen LogP contribution in [0, 0.1) is 10.2 Å². The molecule has 1 fully saturated rings. The first-order valence-electron chi connectivity index (χ1n) is 7.78. The first-order valence-corrected chi connectivity index (χ1v) is 9.00. The van der Waals surface area contributed by atoms with Gasteiger partial charge in [0.2, 0.25) is 0 Å². The van der Waals surface area contributed by atoms with Crippen LogP contribution in [0.3, 0.4) is 0 Å². The highest BCUT2D eigenvalue weighted by molar-refractivity contribution is 7.71. The van der Waals surface area contributed by atoms with Gasteiger partial charge in [-0.2, -0.15) is 0 Å². The summed E-state index contributed by atoms with van der Waals surface area (Å²) in [7, 11) is 0. The molecule has 0 aliphatic heterocycles. The minimum atomic E-state index is 0.146. The number of rotatable bonds is 1. The van der Waals surface area contributed by atoms with E-state index >= 15 is 0 Å². The van der Waals surface area contributed by atoms with Crippen molar-refractivity contribution in [1.82, 2.24) is 9.55 Å². The van der Waals surface area contributed by atoms with Crippen molar-refractivity contribution in [2.75, 3.05) is 0 Å². The van der Waals surface area contributed by atoms with Crippen molar-refractivity contribution in [2.45, 2.75) is 58.4 Å². The summed E-state index contributed by atoms with van der Waals surface area (Å²) in [5, 5.41) is 0.920. The van der Waals surface area contributed by atoms with E-state index in [4.69, 9.17) is 12.2 Å². The third kappa shape index (κ3) is 1.90. The van der Waals surface area contributed by atoms with E-state index in [0.29, 0.717) is 4.77 Å². The molecule has 0 aromatic carbocycles. The van der Waals surface area contributed by atoms with Crippen LogP contribution in [0.4, 0.5) is 0 Å². The molecule has 1 atom stereocenters. The minimum Gasteiger partial charge on any atom is -0.323 e. The van der Waals surface area contributed by atoms with E-state index in [1.807, 2.05) is 4.57 Å². The molecule has 2 aromatic rings. The van der Waals surface area contributed by atoms with Gasteiger partial charge in [0.25, 0.3) is 5.56 Å². The minimum absolute atomic E-state index is 0.146. The average Bonchev–Trinajstić information content (AvgIpc) is 3.04. The quantitative estimate of drug-likeness (QED) is 0.793. The number of hydrogen-bond donors (Lipinski definition) is 1. The summed E-state index contributed by atoms with van der Waals surface area (Å²) in [4.78, 5) is 18.8. The zero-order chi connectivity index (χ0) is 14.8.